The Kier molecular flexibility index (Phi) is 6.81. The van der Waals surface area contributed by atoms with Gasteiger partial charge in [-0.15, -0.1) is 0 Å². The third-order valence-electron chi connectivity index (χ3n) is 4.86. The van der Waals surface area contributed by atoms with Crippen molar-refractivity contribution < 1.29 is 9.18 Å². The second-order valence-corrected chi connectivity index (χ2v) is 7.27. The normalized spacial score (nSPS) is 14.4. The van der Waals surface area contributed by atoms with Crippen molar-refractivity contribution in [3.05, 3.63) is 54.0 Å². The molecule has 1 fully saturated rings. The molecule has 0 spiro atoms. The molecule has 2 aromatic rings. The average Bonchev–Trinajstić information content (AvgIpc) is 2.72. The molecule has 0 unspecified atom stereocenters. The van der Waals surface area contributed by atoms with Crippen molar-refractivity contribution in [3.63, 3.8) is 0 Å². The molecule has 150 valence electrons. The van der Waals surface area contributed by atoms with Crippen molar-refractivity contribution in [2.24, 2.45) is 0 Å². The molecular formula is C21H28FN5O. The maximum Gasteiger partial charge on any atom is 0.255 e. The Morgan fingerprint density at radius 3 is 2.43 bits per heavy atom. The Morgan fingerprint density at radius 2 is 1.82 bits per heavy atom. The monoisotopic (exact) mass is 385 g/mol. The van der Waals surface area contributed by atoms with Gasteiger partial charge in [0.15, 0.2) is 0 Å². The van der Waals surface area contributed by atoms with Gasteiger partial charge in [-0.3, -0.25) is 4.79 Å². The molecule has 0 radical (unpaired) electrons. The molecule has 7 heteroatoms. The van der Waals surface area contributed by atoms with Gasteiger partial charge in [0.2, 0.25) is 0 Å². The highest BCUT2D eigenvalue weighted by atomic mass is 19.1. The first-order chi connectivity index (χ1) is 13.5. The molecule has 0 saturated carbocycles. The van der Waals surface area contributed by atoms with Crippen molar-refractivity contribution in [2.75, 3.05) is 63.6 Å². The highest BCUT2D eigenvalue weighted by molar-refractivity contribution is 5.94. The highest BCUT2D eigenvalue weighted by Crippen LogP contribution is 2.18. The fourth-order valence-corrected chi connectivity index (χ4v) is 3.24. The first-order valence-electron chi connectivity index (χ1n) is 9.67. The van der Waals surface area contributed by atoms with Gasteiger partial charge in [0.25, 0.3) is 5.91 Å². The molecule has 28 heavy (non-hydrogen) atoms. The first-order valence-corrected chi connectivity index (χ1v) is 9.67. The number of hydrogen-bond donors (Lipinski definition) is 1. The zero-order valence-electron chi connectivity index (χ0n) is 16.6. The van der Waals surface area contributed by atoms with Crippen LogP contribution in [0.15, 0.2) is 42.6 Å². The molecule has 0 bridgehead atoms. The molecule has 0 aliphatic carbocycles. The summed E-state index contributed by atoms with van der Waals surface area (Å²) in [6.07, 6.45) is 2.68. The van der Waals surface area contributed by atoms with Crippen LogP contribution in [0.1, 0.15) is 16.8 Å². The Bertz CT molecular complexity index is 755. The van der Waals surface area contributed by atoms with Gasteiger partial charge in [-0.2, -0.15) is 0 Å². The van der Waals surface area contributed by atoms with Gasteiger partial charge >= 0.3 is 0 Å². The number of anilines is 2. The minimum Gasteiger partial charge on any atom is -0.370 e. The van der Waals surface area contributed by atoms with Crippen molar-refractivity contribution in [1.82, 2.24) is 14.8 Å². The summed E-state index contributed by atoms with van der Waals surface area (Å²) in [6.45, 7) is 4.62. The summed E-state index contributed by atoms with van der Waals surface area (Å²) in [4.78, 5) is 23.3. The van der Waals surface area contributed by atoms with Gasteiger partial charge in [-0.1, -0.05) is 0 Å². The van der Waals surface area contributed by atoms with Crippen molar-refractivity contribution in [3.8, 4) is 0 Å². The Labute approximate surface area is 166 Å². The number of nitrogens with one attached hydrogen (secondary N) is 1. The lowest BCUT2D eigenvalue weighted by atomic mass is 10.2. The van der Waals surface area contributed by atoms with Crippen molar-refractivity contribution in [1.29, 1.82) is 0 Å². The number of carbonyl (C=O) groups is 1. The quantitative estimate of drug-likeness (QED) is 0.743. The lowest BCUT2D eigenvalue weighted by molar-refractivity contribution is 0.0746. The van der Waals surface area contributed by atoms with E-state index >= 15 is 0 Å². The molecule has 1 aromatic heterocycles. The first kappa shape index (κ1) is 20.1. The summed E-state index contributed by atoms with van der Waals surface area (Å²) >= 11 is 0. The SMILES string of the molecule is CN(C)CCCNc1ccc(C(=O)N2CCN(c3ccc(F)cc3)CC2)cn1. The van der Waals surface area contributed by atoms with Crippen LogP contribution in [0.5, 0.6) is 0 Å². The maximum atomic E-state index is 13.1. The minimum absolute atomic E-state index is 0.00501. The number of aromatic nitrogens is 1. The number of hydrogen-bond acceptors (Lipinski definition) is 5. The molecular weight excluding hydrogens is 357 g/mol. The number of pyridine rings is 1. The van der Waals surface area contributed by atoms with E-state index in [1.807, 2.05) is 17.0 Å². The van der Waals surface area contributed by atoms with E-state index in [4.69, 9.17) is 0 Å². The van der Waals surface area contributed by atoms with Crippen molar-refractivity contribution >= 4 is 17.4 Å². The predicted octanol–water partition coefficient (Wildman–Crippen LogP) is 2.55. The van der Waals surface area contributed by atoms with E-state index < -0.39 is 0 Å². The second kappa shape index (κ2) is 9.50. The number of amides is 1. The number of nitrogens with zero attached hydrogens (tertiary/aromatic N) is 4. The predicted molar refractivity (Wildman–Crippen MR) is 110 cm³/mol. The summed E-state index contributed by atoms with van der Waals surface area (Å²) in [5.41, 5.74) is 1.59. The van der Waals surface area contributed by atoms with Gasteiger partial charge in [-0.25, -0.2) is 9.37 Å². The number of benzene rings is 1. The number of piperazine rings is 1. The second-order valence-electron chi connectivity index (χ2n) is 7.27. The van der Waals surface area contributed by atoms with Crippen LogP contribution >= 0.6 is 0 Å². The zero-order valence-corrected chi connectivity index (χ0v) is 16.6. The van der Waals surface area contributed by atoms with Gasteiger partial charge in [-0.05, 0) is 63.5 Å². The molecule has 1 aliphatic rings. The Balaban J connectivity index is 1.48. The van der Waals surface area contributed by atoms with Crippen LogP contribution < -0.4 is 10.2 Å². The molecule has 1 N–H and O–H groups in total. The zero-order chi connectivity index (χ0) is 19.9. The van der Waals surface area contributed by atoms with E-state index in [-0.39, 0.29) is 11.7 Å². The molecule has 1 saturated heterocycles. The number of halogens is 1. The summed E-state index contributed by atoms with van der Waals surface area (Å²) < 4.78 is 13.1. The Morgan fingerprint density at radius 1 is 1.11 bits per heavy atom. The number of carbonyl (C=O) groups excluding carboxylic acids is 1. The molecule has 6 nitrogen and oxygen atoms in total. The topological polar surface area (TPSA) is 51.7 Å². The van der Waals surface area contributed by atoms with Crippen LogP contribution in [0.4, 0.5) is 15.9 Å². The van der Waals surface area contributed by atoms with E-state index in [1.54, 1.807) is 18.3 Å². The molecule has 2 heterocycles. The number of rotatable bonds is 7. The van der Waals surface area contributed by atoms with E-state index in [9.17, 15) is 9.18 Å². The van der Waals surface area contributed by atoms with Crippen LogP contribution in [0.3, 0.4) is 0 Å². The van der Waals surface area contributed by atoms with Crippen molar-refractivity contribution in [2.45, 2.75) is 6.42 Å². The fourth-order valence-electron chi connectivity index (χ4n) is 3.24. The third-order valence-corrected chi connectivity index (χ3v) is 4.86. The minimum atomic E-state index is -0.235. The fraction of sp³-hybridized carbons (Fsp3) is 0.429. The van der Waals surface area contributed by atoms with E-state index in [2.05, 4.69) is 34.2 Å². The highest BCUT2D eigenvalue weighted by Gasteiger charge is 2.22. The molecule has 0 atom stereocenters. The molecule has 1 amide bonds. The molecule has 1 aliphatic heterocycles. The van der Waals surface area contributed by atoms with Crippen LogP contribution in [0.2, 0.25) is 0 Å². The van der Waals surface area contributed by atoms with Crippen LogP contribution in [0, 0.1) is 5.82 Å². The smallest absolute Gasteiger partial charge is 0.255 e. The third kappa shape index (κ3) is 5.42. The van der Waals surface area contributed by atoms with Gasteiger partial charge in [0.1, 0.15) is 11.6 Å². The summed E-state index contributed by atoms with van der Waals surface area (Å²) in [5.74, 6) is 0.558. The average molecular weight is 385 g/mol. The largest absolute Gasteiger partial charge is 0.370 e. The molecule has 1 aromatic carbocycles. The van der Waals surface area contributed by atoms with E-state index in [0.717, 1.165) is 44.1 Å². The van der Waals surface area contributed by atoms with Crippen LogP contribution in [-0.4, -0.2) is 74.1 Å². The summed E-state index contributed by atoms with van der Waals surface area (Å²) in [6, 6.07) is 10.2. The van der Waals surface area contributed by atoms with E-state index in [0.29, 0.717) is 18.7 Å². The van der Waals surface area contributed by atoms with Gasteiger partial charge in [0.05, 0.1) is 5.56 Å². The summed E-state index contributed by atoms with van der Waals surface area (Å²) in [7, 11) is 4.11. The van der Waals surface area contributed by atoms with E-state index in [1.165, 1.54) is 12.1 Å². The summed E-state index contributed by atoms with van der Waals surface area (Å²) in [5, 5.41) is 3.28. The van der Waals surface area contributed by atoms with Crippen LogP contribution in [-0.2, 0) is 0 Å². The lowest BCUT2D eigenvalue weighted by Crippen LogP contribution is -2.48. The standard InChI is InChI=1S/C21H28FN5O/c1-25(2)11-3-10-23-20-9-4-17(16-24-20)21(28)27-14-12-26(13-15-27)19-7-5-18(22)6-8-19/h4-9,16H,3,10-15H2,1-2H3,(H,23,24). The van der Waals surface area contributed by atoms with Crippen LogP contribution in [0.25, 0.3) is 0 Å². The van der Waals surface area contributed by atoms with Gasteiger partial charge < -0.3 is 20.0 Å². The maximum absolute atomic E-state index is 13.1. The van der Waals surface area contributed by atoms with Gasteiger partial charge in [0, 0.05) is 44.6 Å². The molecule has 3 rings (SSSR count). The Hall–Kier alpha value is -2.67. The lowest BCUT2D eigenvalue weighted by Gasteiger charge is -2.36.